The third-order valence-corrected chi connectivity index (χ3v) is 3.01. The zero-order chi connectivity index (χ0) is 12.2. The summed E-state index contributed by atoms with van der Waals surface area (Å²) in [5, 5.41) is 9.72. The van der Waals surface area contributed by atoms with Crippen LogP contribution in [0.2, 0.25) is 10.0 Å². The minimum atomic E-state index is -0.384. The van der Waals surface area contributed by atoms with Crippen molar-refractivity contribution in [2.24, 2.45) is 5.41 Å². The molecule has 2 nitrogen and oxygen atoms in total. The Morgan fingerprint density at radius 1 is 1.38 bits per heavy atom. The van der Waals surface area contributed by atoms with Gasteiger partial charge in [-0.25, -0.2) is 0 Å². The zero-order valence-electron chi connectivity index (χ0n) is 9.26. The largest absolute Gasteiger partial charge is 0.492 e. The van der Waals surface area contributed by atoms with E-state index in [1.165, 1.54) is 0 Å². The molecular formula is C12H13Cl2NO. The first kappa shape index (κ1) is 13.2. The molecular weight excluding hydrogens is 245 g/mol. The van der Waals surface area contributed by atoms with Gasteiger partial charge in [-0.2, -0.15) is 5.26 Å². The maximum atomic E-state index is 8.84. The predicted molar refractivity (Wildman–Crippen MR) is 66.0 cm³/mol. The minimum Gasteiger partial charge on any atom is -0.492 e. The topological polar surface area (TPSA) is 33.0 Å². The van der Waals surface area contributed by atoms with E-state index in [2.05, 4.69) is 6.07 Å². The van der Waals surface area contributed by atoms with Crippen molar-refractivity contribution in [3.05, 3.63) is 28.2 Å². The summed E-state index contributed by atoms with van der Waals surface area (Å²) in [5.41, 5.74) is -0.384. The van der Waals surface area contributed by atoms with E-state index >= 15 is 0 Å². The number of halogens is 2. The van der Waals surface area contributed by atoms with Gasteiger partial charge in [-0.15, -0.1) is 0 Å². The summed E-state index contributed by atoms with van der Waals surface area (Å²) < 4.78 is 5.49. The SMILES string of the molecule is CC(C)(C#N)CCOc1cccc(Cl)c1Cl. The van der Waals surface area contributed by atoms with Gasteiger partial charge in [0.2, 0.25) is 0 Å². The van der Waals surface area contributed by atoms with Gasteiger partial charge in [0.1, 0.15) is 10.8 Å². The van der Waals surface area contributed by atoms with Crippen LogP contribution in [0.15, 0.2) is 18.2 Å². The van der Waals surface area contributed by atoms with Crippen LogP contribution in [-0.4, -0.2) is 6.61 Å². The number of hydrogen-bond donors (Lipinski definition) is 0. The molecule has 0 aliphatic heterocycles. The average molecular weight is 258 g/mol. The fourth-order valence-corrected chi connectivity index (χ4v) is 1.41. The molecule has 0 amide bonds. The Bertz CT molecular complexity index is 410. The third-order valence-electron chi connectivity index (χ3n) is 2.20. The van der Waals surface area contributed by atoms with Crippen molar-refractivity contribution >= 4 is 23.2 Å². The number of hydrogen-bond acceptors (Lipinski definition) is 2. The van der Waals surface area contributed by atoms with Crippen molar-refractivity contribution in [3.8, 4) is 11.8 Å². The molecule has 0 aliphatic carbocycles. The molecule has 1 aromatic carbocycles. The molecule has 0 atom stereocenters. The lowest BCUT2D eigenvalue weighted by molar-refractivity contribution is 0.264. The fourth-order valence-electron chi connectivity index (χ4n) is 1.07. The van der Waals surface area contributed by atoms with Crippen LogP contribution < -0.4 is 4.74 Å². The third kappa shape index (κ3) is 3.59. The number of rotatable bonds is 4. The van der Waals surface area contributed by atoms with Gasteiger partial charge >= 0.3 is 0 Å². The molecule has 1 rings (SSSR count). The highest BCUT2D eigenvalue weighted by atomic mass is 35.5. The Labute approximate surface area is 106 Å². The minimum absolute atomic E-state index is 0.384. The summed E-state index contributed by atoms with van der Waals surface area (Å²) in [5.74, 6) is 0.558. The first-order chi connectivity index (χ1) is 7.46. The van der Waals surface area contributed by atoms with Crippen LogP contribution in [0.25, 0.3) is 0 Å². The van der Waals surface area contributed by atoms with Gasteiger partial charge in [0.15, 0.2) is 0 Å². The molecule has 0 saturated carbocycles. The summed E-state index contributed by atoms with van der Waals surface area (Å²) in [4.78, 5) is 0. The zero-order valence-corrected chi connectivity index (χ0v) is 10.8. The van der Waals surface area contributed by atoms with Gasteiger partial charge < -0.3 is 4.74 Å². The van der Waals surface area contributed by atoms with E-state index in [9.17, 15) is 0 Å². The quantitative estimate of drug-likeness (QED) is 0.806. The van der Waals surface area contributed by atoms with Crippen molar-refractivity contribution in [2.45, 2.75) is 20.3 Å². The molecule has 1 aromatic rings. The molecule has 0 fully saturated rings. The fraction of sp³-hybridized carbons (Fsp3) is 0.417. The second-order valence-electron chi connectivity index (χ2n) is 4.15. The summed E-state index contributed by atoms with van der Waals surface area (Å²) in [6.07, 6.45) is 0.645. The van der Waals surface area contributed by atoms with Crippen LogP contribution in [0, 0.1) is 16.7 Å². The Kier molecular flexibility index (Phi) is 4.46. The van der Waals surface area contributed by atoms with Gasteiger partial charge in [-0.1, -0.05) is 29.3 Å². The number of ether oxygens (including phenoxy) is 1. The second-order valence-corrected chi connectivity index (χ2v) is 4.93. The van der Waals surface area contributed by atoms with Gasteiger partial charge in [-0.3, -0.25) is 0 Å². The molecule has 0 unspecified atom stereocenters. The highest BCUT2D eigenvalue weighted by Crippen LogP contribution is 2.32. The molecule has 4 heteroatoms. The van der Waals surface area contributed by atoms with Crippen LogP contribution in [0.3, 0.4) is 0 Å². The van der Waals surface area contributed by atoms with Gasteiger partial charge in [0, 0.05) is 0 Å². The van der Waals surface area contributed by atoms with E-state index < -0.39 is 0 Å². The number of nitrogens with zero attached hydrogens (tertiary/aromatic N) is 1. The number of nitriles is 1. The number of benzene rings is 1. The maximum Gasteiger partial charge on any atom is 0.139 e. The highest BCUT2D eigenvalue weighted by molar-refractivity contribution is 6.42. The Balaban J connectivity index is 2.57. The van der Waals surface area contributed by atoms with Crippen LogP contribution in [0.5, 0.6) is 5.75 Å². The second kappa shape index (κ2) is 5.43. The maximum absolute atomic E-state index is 8.84. The van der Waals surface area contributed by atoms with E-state index in [0.29, 0.717) is 28.8 Å². The molecule has 0 spiro atoms. The Morgan fingerprint density at radius 3 is 2.69 bits per heavy atom. The van der Waals surface area contributed by atoms with Crippen molar-refractivity contribution in [1.29, 1.82) is 5.26 Å². The standard InChI is InChI=1S/C12H13Cl2NO/c1-12(2,8-15)6-7-16-10-5-3-4-9(13)11(10)14/h3-5H,6-7H2,1-2H3. The molecule has 0 bridgehead atoms. The molecule has 0 N–H and O–H groups in total. The summed E-state index contributed by atoms with van der Waals surface area (Å²) in [6.45, 7) is 4.19. The first-order valence-electron chi connectivity index (χ1n) is 4.94. The van der Waals surface area contributed by atoms with E-state index in [0.717, 1.165) is 0 Å². The molecule has 86 valence electrons. The molecule has 0 aromatic heterocycles. The molecule has 0 aliphatic rings. The van der Waals surface area contributed by atoms with Crippen molar-refractivity contribution in [1.82, 2.24) is 0 Å². The van der Waals surface area contributed by atoms with E-state index in [1.54, 1.807) is 18.2 Å². The Hall–Kier alpha value is -0.910. The van der Waals surface area contributed by atoms with Crippen LogP contribution >= 0.6 is 23.2 Å². The van der Waals surface area contributed by atoms with E-state index in [-0.39, 0.29) is 5.41 Å². The van der Waals surface area contributed by atoms with Crippen molar-refractivity contribution in [2.75, 3.05) is 6.61 Å². The van der Waals surface area contributed by atoms with Gasteiger partial charge in [0.05, 0.1) is 23.1 Å². The normalized spacial score (nSPS) is 10.9. The Morgan fingerprint density at radius 2 is 2.06 bits per heavy atom. The monoisotopic (exact) mass is 257 g/mol. The molecule has 0 heterocycles. The first-order valence-corrected chi connectivity index (χ1v) is 5.70. The predicted octanol–water partition coefficient (Wildman–Crippen LogP) is 4.31. The molecule has 0 saturated heterocycles. The van der Waals surface area contributed by atoms with E-state index in [4.69, 9.17) is 33.2 Å². The lowest BCUT2D eigenvalue weighted by Gasteiger charge is -2.15. The summed E-state index contributed by atoms with van der Waals surface area (Å²) in [6, 6.07) is 7.45. The van der Waals surface area contributed by atoms with Crippen molar-refractivity contribution < 1.29 is 4.74 Å². The van der Waals surface area contributed by atoms with Gasteiger partial charge in [0.25, 0.3) is 0 Å². The lowest BCUT2D eigenvalue weighted by Crippen LogP contribution is -2.13. The van der Waals surface area contributed by atoms with Crippen LogP contribution in [0.1, 0.15) is 20.3 Å². The molecule has 16 heavy (non-hydrogen) atoms. The van der Waals surface area contributed by atoms with Crippen LogP contribution in [0.4, 0.5) is 0 Å². The van der Waals surface area contributed by atoms with Crippen LogP contribution in [-0.2, 0) is 0 Å². The van der Waals surface area contributed by atoms with Gasteiger partial charge in [-0.05, 0) is 32.4 Å². The molecule has 0 radical (unpaired) electrons. The average Bonchev–Trinajstić information content (AvgIpc) is 2.24. The highest BCUT2D eigenvalue weighted by Gasteiger charge is 2.16. The lowest BCUT2D eigenvalue weighted by atomic mass is 9.92. The smallest absolute Gasteiger partial charge is 0.139 e. The van der Waals surface area contributed by atoms with E-state index in [1.807, 2.05) is 13.8 Å². The summed E-state index contributed by atoms with van der Waals surface area (Å²) in [7, 11) is 0. The summed E-state index contributed by atoms with van der Waals surface area (Å²) >= 11 is 11.8. The van der Waals surface area contributed by atoms with Crippen molar-refractivity contribution in [3.63, 3.8) is 0 Å².